The maximum Gasteiger partial charge on any atom is 0.0781 e. The number of benzene rings is 1. The van der Waals surface area contributed by atoms with Crippen LogP contribution in [0.1, 0.15) is 58.1 Å². The van der Waals surface area contributed by atoms with Crippen molar-refractivity contribution in [2.75, 3.05) is 5.32 Å². The molecule has 0 aromatic heterocycles. The van der Waals surface area contributed by atoms with Gasteiger partial charge in [0.05, 0.1) is 6.10 Å². The maximum absolute atomic E-state index is 9.78. The molecule has 1 atom stereocenters. The fraction of sp³-hybridized carbons (Fsp3) is 0.625. The summed E-state index contributed by atoms with van der Waals surface area (Å²) in [5.41, 5.74) is 2.60. The minimum Gasteiger partial charge on any atom is -0.389 e. The molecule has 1 saturated carbocycles. The Kier molecular flexibility index (Phi) is 3.96. The van der Waals surface area contributed by atoms with Crippen molar-refractivity contribution in [1.29, 1.82) is 0 Å². The van der Waals surface area contributed by atoms with Crippen LogP contribution in [0.15, 0.2) is 24.3 Å². The highest BCUT2D eigenvalue weighted by Crippen LogP contribution is 2.36. The lowest BCUT2D eigenvalue weighted by atomic mass is 9.75. The zero-order valence-corrected chi connectivity index (χ0v) is 11.7. The van der Waals surface area contributed by atoms with E-state index in [9.17, 15) is 5.11 Å². The zero-order valence-electron chi connectivity index (χ0n) is 11.7. The molecule has 100 valence electrons. The van der Waals surface area contributed by atoms with Crippen LogP contribution in [0.5, 0.6) is 0 Å². The lowest BCUT2D eigenvalue weighted by molar-refractivity contribution is 0.199. The average Bonchev–Trinajstić information content (AvgIpc) is 2.32. The molecule has 1 aliphatic carbocycles. The topological polar surface area (TPSA) is 32.3 Å². The summed E-state index contributed by atoms with van der Waals surface area (Å²) < 4.78 is 0. The van der Waals surface area contributed by atoms with Gasteiger partial charge in [-0.3, -0.25) is 0 Å². The molecule has 2 nitrogen and oxygen atoms in total. The molecule has 1 aromatic rings. The number of para-hydroxylation sites is 1. The summed E-state index contributed by atoms with van der Waals surface area (Å²) in [7, 11) is 0. The molecule has 1 unspecified atom stereocenters. The van der Waals surface area contributed by atoms with E-state index in [1.807, 2.05) is 25.1 Å². The third kappa shape index (κ3) is 3.26. The van der Waals surface area contributed by atoms with Crippen LogP contribution < -0.4 is 5.32 Å². The number of aliphatic hydroxyl groups is 1. The van der Waals surface area contributed by atoms with Gasteiger partial charge in [-0.2, -0.15) is 0 Å². The second-order valence-electron chi connectivity index (χ2n) is 6.35. The molecule has 1 fully saturated rings. The van der Waals surface area contributed by atoms with Crippen molar-refractivity contribution < 1.29 is 5.11 Å². The first-order valence-corrected chi connectivity index (χ1v) is 7.01. The Balaban J connectivity index is 2.02. The van der Waals surface area contributed by atoms with E-state index in [-0.39, 0.29) is 0 Å². The van der Waals surface area contributed by atoms with Crippen LogP contribution in [-0.4, -0.2) is 11.1 Å². The van der Waals surface area contributed by atoms with Gasteiger partial charge < -0.3 is 10.4 Å². The lowest BCUT2D eigenvalue weighted by Gasteiger charge is -2.35. The van der Waals surface area contributed by atoms with Crippen LogP contribution in [0.4, 0.5) is 5.69 Å². The summed E-state index contributed by atoms with van der Waals surface area (Å²) in [6.45, 7) is 6.53. The summed E-state index contributed by atoms with van der Waals surface area (Å²) in [6.07, 6.45) is 4.60. The van der Waals surface area contributed by atoms with E-state index in [1.54, 1.807) is 0 Å². The van der Waals surface area contributed by atoms with E-state index in [4.69, 9.17) is 0 Å². The molecule has 0 amide bonds. The van der Waals surface area contributed by atoms with Gasteiger partial charge in [0.25, 0.3) is 0 Å². The summed E-state index contributed by atoms with van der Waals surface area (Å²) in [5, 5.41) is 13.4. The van der Waals surface area contributed by atoms with Gasteiger partial charge in [0, 0.05) is 17.3 Å². The Morgan fingerprint density at radius 3 is 2.44 bits per heavy atom. The zero-order chi connectivity index (χ0) is 13.2. The Hall–Kier alpha value is -1.02. The molecular weight excluding hydrogens is 222 g/mol. The van der Waals surface area contributed by atoms with Gasteiger partial charge in [0.15, 0.2) is 0 Å². The summed E-state index contributed by atoms with van der Waals surface area (Å²) in [6, 6.07) is 8.64. The Morgan fingerprint density at radius 1 is 1.22 bits per heavy atom. The fourth-order valence-corrected chi connectivity index (χ4v) is 2.76. The highest BCUT2D eigenvalue weighted by Gasteiger charge is 2.27. The van der Waals surface area contributed by atoms with Crippen molar-refractivity contribution in [3.05, 3.63) is 29.8 Å². The minimum absolute atomic E-state index is 0.409. The molecule has 2 rings (SSSR count). The molecule has 0 heterocycles. The van der Waals surface area contributed by atoms with Gasteiger partial charge >= 0.3 is 0 Å². The molecule has 1 aromatic carbocycles. The molecule has 2 N–H and O–H groups in total. The molecule has 18 heavy (non-hydrogen) atoms. The van der Waals surface area contributed by atoms with Crippen molar-refractivity contribution in [1.82, 2.24) is 0 Å². The predicted octanol–water partition coefficient (Wildman–Crippen LogP) is 4.12. The monoisotopic (exact) mass is 247 g/mol. The van der Waals surface area contributed by atoms with Crippen LogP contribution in [0, 0.1) is 5.41 Å². The smallest absolute Gasteiger partial charge is 0.0781 e. The highest BCUT2D eigenvalue weighted by atomic mass is 16.3. The molecule has 2 heteroatoms. The van der Waals surface area contributed by atoms with E-state index in [2.05, 4.69) is 25.2 Å². The van der Waals surface area contributed by atoms with Gasteiger partial charge in [-0.25, -0.2) is 0 Å². The molecular formula is C16H25NO. The normalized spacial score (nSPS) is 21.6. The first-order chi connectivity index (χ1) is 8.48. The first kappa shape index (κ1) is 13.4. The van der Waals surface area contributed by atoms with E-state index < -0.39 is 6.10 Å². The number of nitrogens with one attached hydrogen (secondary N) is 1. The Labute approximate surface area is 110 Å². The van der Waals surface area contributed by atoms with Gasteiger partial charge in [0.1, 0.15) is 0 Å². The molecule has 0 spiro atoms. The second-order valence-corrected chi connectivity index (χ2v) is 6.35. The first-order valence-electron chi connectivity index (χ1n) is 7.01. The standard InChI is InChI=1S/C16H25NO/c1-12(18)14-6-4-5-7-15(14)17-13-8-10-16(2,3)11-9-13/h4-7,12-13,17-18H,8-11H2,1-3H3. The highest BCUT2D eigenvalue weighted by molar-refractivity contribution is 5.52. The summed E-state index contributed by atoms with van der Waals surface area (Å²) >= 11 is 0. The fourth-order valence-electron chi connectivity index (χ4n) is 2.76. The quantitative estimate of drug-likeness (QED) is 0.842. The molecule has 0 aliphatic heterocycles. The Bertz CT molecular complexity index is 388. The SMILES string of the molecule is CC(O)c1ccccc1NC1CCC(C)(C)CC1. The van der Waals surface area contributed by atoms with Crippen molar-refractivity contribution in [3.8, 4) is 0 Å². The van der Waals surface area contributed by atoms with E-state index in [0.717, 1.165) is 11.3 Å². The van der Waals surface area contributed by atoms with Gasteiger partial charge in [-0.05, 0) is 44.1 Å². The van der Waals surface area contributed by atoms with Crippen molar-refractivity contribution >= 4 is 5.69 Å². The van der Waals surface area contributed by atoms with Crippen LogP contribution in [0.25, 0.3) is 0 Å². The largest absolute Gasteiger partial charge is 0.389 e. The lowest BCUT2D eigenvalue weighted by Crippen LogP contribution is -2.30. The Morgan fingerprint density at radius 2 is 1.83 bits per heavy atom. The van der Waals surface area contributed by atoms with E-state index in [0.29, 0.717) is 11.5 Å². The van der Waals surface area contributed by atoms with E-state index >= 15 is 0 Å². The molecule has 0 saturated heterocycles. The van der Waals surface area contributed by atoms with Gasteiger partial charge in [0.2, 0.25) is 0 Å². The number of aliphatic hydroxyl groups excluding tert-OH is 1. The minimum atomic E-state index is -0.409. The number of hydrogen-bond donors (Lipinski definition) is 2. The molecule has 0 bridgehead atoms. The van der Waals surface area contributed by atoms with Crippen LogP contribution in [-0.2, 0) is 0 Å². The number of hydrogen-bond acceptors (Lipinski definition) is 2. The summed E-state index contributed by atoms with van der Waals surface area (Å²) in [4.78, 5) is 0. The third-order valence-electron chi connectivity index (χ3n) is 4.11. The van der Waals surface area contributed by atoms with Crippen molar-refractivity contribution in [2.24, 2.45) is 5.41 Å². The van der Waals surface area contributed by atoms with Gasteiger partial charge in [-0.15, -0.1) is 0 Å². The second kappa shape index (κ2) is 5.31. The maximum atomic E-state index is 9.78. The van der Waals surface area contributed by atoms with E-state index in [1.165, 1.54) is 25.7 Å². The van der Waals surface area contributed by atoms with Crippen LogP contribution in [0.3, 0.4) is 0 Å². The third-order valence-corrected chi connectivity index (χ3v) is 4.11. The van der Waals surface area contributed by atoms with Crippen LogP contribution >= 0.6 is 0 Å². The predicted molar refractivity (Wildman–Crippen MR) is 76.7 cm³/mol. The molecule has 0 radical (unpaired) electrons. The van der Waals surface area contributed by atoms with Gasteiger partial charge in [-0.1, -0.05) is 32.0 Å². The van der Waals surface area contributed by atoms with Crippen molar-refractivity contribution in [2.45, 2.75) is 58.6 Å². The number of rotatable bonds is 3. The van der Waals surface area contributed by atoms with Crippen molar-refractivity contribution in [3.63, 3.8) is 0 Å². The van der Waals surface area contributed by atoms with Crippen LogP contribution in [0.2, 0.25) is 0 Å². The average molecular weight is 247 g/mol. The summed E-state index contributed by atoms with van der Waals surface area (Å²) in [5.74, 6) is 0. The number of anilines is 1. The molecule has 1 aliphatic rings.